The fourth-order valence-electron chi connectivity index (χ4n) is 4.39. The highest BCUT2D eigenvalue weighted by atomic mass is 16.5. The van der Waals surface area contributed by atoms with Crippen LogP contribution in [-0.2, 0) is 9.53 Å². The number of benzene rings is 3. The van der Waals surface area contributed by atoms with Gasteiger partial charge in [-0.15, -0.1) is 0 Å². The van der Waals surface area contributed by atoms with E-state index in [1.807, 2.05) is 38.1 Å². The van der Waals surface area contributed by atoms with Crippen LogP contribution in [0.15, 0.2) is 72.8 Å². The fraction of sp³-hybridized carbons (Fsp3) is 0.250. The van der Waals surface area contributed by atoms with Crippen molar-refractivity contribution in [2.45, 2.75) is 32.2 Å². The Morgan fingerprint density at radius 2 is 1.46 bits per heavy atom. The lowest BCUT2D eigenvalue weighted by Crippen LogP contribution is -2.41. The molecule has 0 fully saturated rings. The number of nitrogens with one attached hydrogen (secondary N) is 2. The maximum atomic E-state index is 12.5. The van der Waals surface area contributed by atoms with Gasteiger partial charge in [-0.1, -0.05) is 62.4 Å². The van der Waals surface area contributed by atoms with Gasteiger partial charge in [0.1, 0.15) is 12.6 Å². The molecule has 0 heterocycles. The average molecular weight is 473 g/mol. The molecule has 1 aliphatic rings. The van der Waals surface area contributed by atoms with Gasteiger partial charge in [-0.25, -0.2) is 9.59 Å². The summed E-state index contributed by atoms with van der Waals surface area (Å²) in [6.07, 6.45) is -0.255. The minimum Gasteiger partial charge on any atom is -0.480 e. The lowest BCUT2D eigenvalue weighted by Gasteiger charge is -2.16. The Hall–Kier alpha value is -4.13. The predicted octanol–water partition coefficient (Wildman–Crippen LogP) is 5.28. The van der Waals surface area contributed by atoms with Crippen LogP contribution in [0.5, 0.6) is 0 Å². The van der Waals surface area contributed by atoms with E-state index >= 15 is 0 Å². The number of rotatable bonds is 8. The number of hydrogen-bond donors (Lipinski definition) is 3. The summed E-state index contributed by atoms with van der Waals surface area (Å²) >= 11 is 0. The van der Waals surface area contributed by atoms with E-state index in [0.29, 0.717) is 17.7 Å². The zero-order chi connectivity index (χ0) is 24.9. The summed E-state index contributed by atoms with van der Waals surface area (Å²) in [6, 6.07) is 21.5. The molecule has 0 radical (unpaired) electrons. The molecule has 3 aromatic rings. The fourth-order valence-corrected chi connectivity index (χ4v) is 4.39. The van der Waals surface area contributed by atoms with E-state index < -0.39 is 24.0 Å². The summed E-state index contributed by atoms with van der Waals surface area (Å²) in [4.78, 5) is 36.3. The van der Waals surface area contributed by atoms with Crippen molar-refractivity contribution < 1.29 is 24.2 Å². The van der Waals surface area contributed by atoms with Crippen molar-refractivity contribution in [3.8, 4) is 11.1 Å². The molecule has 0 saturated heterocycles. The van der Waals surface area contributed by atoms with Gasteiger partial charge in [0.05, 0.1) is 0 Å². The van der Waals surface area contributed by atoms with Crippen LogP contribution in [0.2, 0.25) is 0 Å². The molecule has 35 heavy (non-hydrogen) atoms. The molecule has 0 bridgehead atoms. The standard InChI is InChI=1S/C28H28N2O5/c1-17(2)15-25(27(32)33)30-26(31)18-11-13-19(14-12-18)29-28(34)35-16-24-22-9-5-3-7-20(22)21-8-4-6-10-23(21)24/h3-14,17,24-25H,15-16H2,1-2H3,(H,29,34)(H,30,31)(H,32,33). The molecule has 7 nitrogen and oxygen atoms in total. The number of carbonyl (C=O) groups excluding carboxylic acids is 2. The van der Waals surface area contributed by atoms with Crippen molar-refractivity contribution in [3.63, 3.8) is 0 Å². The zero-order valence-corrected chi connectivity index (χ0v) is 19.7. The minimum atomic E-state index is -1.07. The Bertz CT molecular complexity index is 1190. The van der Waals surface area contributed by atoms with Crippen molar-refractivity contribution in [1.29, 1.82) is 0 Å². The van der Waals surface area contributed by atoms with Gasteiger partial charge in [0.15, 0.2) is 0 Å². The smallest absolute Gasteiger partial charge is 0.411 e. The van der Waals surface area contributed by atoms with E-state index in [4.69, 9.17) is 4.74 Å². The summed E-state index contributed by atoms with van der Waals surface area (Å²) in [5, 5.41) is 14.5. The molecule has 1 unspecified atom stereocenters. The Kier molecular flexibility index (Phi) is 7.15. The van der Waals surface area contributed by atoms with Crippen LogP contribution < -0.4 is 10.6 Å². The van der Waals surface area contributed by atoms with Crippen molar-refractivity contribution in [3.05, 3.63) is 89.5 Å². The zero-order valence-electron chi connectivity index (χ0n) is 19.7. The highest BCUT2D eigenvalue weighted by Gasteiger charge is 2.29. The van der Waals surface area contributed by atoms with Gasteiger partial charge in [-0.3, -0.25) is 10.1 Å². The quantitative estimate of drug-likeness (QED) is 0.414. The largest absolute Gasteiger partial charge is 0.480 e. The summed E-state index contributed by atoms with van der Waals surface area (Å²) in [5.41, 5.74) is 5.35. The maximum Gasteiger partial charge on any atom is 0.411 e. The number of ether oxygens (including phenoxy) is 1. The molecule has 7 heteroatoms. The van der Waals surface area contributed by atoms with Gasteiger partial charge in [-0.2, -0.15) is 0 Å². The number of hydrogen-bond acceptors (Lipinski definition) is 4. The minimum absolute atomic E-state index is 0.0350. The Morgan fingerprint density at radius 3 is 2.00 bits per heavy atom. The van der Waals surface area contributed by atoms with E-state index in [2.05, 4.69) is 34.9 Å². The molecular formula is C28H28N2O5. The molecule has 3 aromatic carbocycles. The first-order valence-electron chi connectivity index (χ1n) is 11.6. The van der Waals surface area contributed by atoms with Gasteiger partial charge in [0.2, 0.25) is 0 Å². The van der Waals surface area contributed by atoms with Crippen LogP contribution >= 0.6 is 0 Å². The first kappa shape index (κ1) is 24.0. The molecule has 1 aliphatic carbocycles. The third kappa shape index (κ3) is 5.51. The predicted molar refractivity (Wildman–Crippen MR) is 133 cm³/mol. The molecule has 0 aliphatic heterocycles. The number of aliphatic carboxylic acids is 1. The lowest BCUT2D eigenvalue weighted by atomic mass is 9.98. The van der Waals surface area contributed by atoms with E-state index in [9.17, 15) is 19.5 Å². The Morgan fingerprint density at radius 1 is 0.886 bits per heavy atom. The van der Waals surface area contributed by atoms with Crippen molar-refractivity contribution in [2.75, 3.05) is 11.9 Å². The van der Waals surface area contributed by atoms with Crippen LogP contribution in [0, 0.1) is 5.92 Å². The first-order chi connectivity index (χ1) is 16.8. The summed E-state index contributed by atoms with van der Waals surface area (Å²) in [6.45, 7) is 3.99. The number of carboxylic acid groups (broad SMARTS) is 1. The second-order valence-electron chi connectivity index (χ2n) is 9.02. The third-order valence-corrected chi connectivity index (χ3v) is 6.05. The molecule has 180 valence electrons. The molecule has 1 atom stereocenters. The van der Waals surface area contributed by atoms with Gasteiger partial charge in [0.25, 0.3) is 5.91 Å². The number of anilines is 1. The second kappa shape index (κ2) is 10.4. The van der Waals surface area contributed by atoms with Gasteiger partial charge >= 0.3 is 12.1 Å². The monoisotopic (exact) mass is 472 g/mol. The highest BCUT2D eigenvalue weighted by Crippen LogP contribution is 2.44. The number of amides is 2. The molecule has 4 rings (SSSR count). The topological polar surface area (TPSA) is 105 Å². The van der Waals surface area contributed by atoms with Crippen LogP contribution in [0.3, 0.4) is 0 Å². The van der Waals surface area contributed by atoms with E-state index in [1.54, 1.807) is 12.1 Å². The third-order valence-electron chi connectivity index (χ3n) is 6.05. The molecule has 0 saturated carbocycles. The van der Waals surface area contributed by atoms with E-state index in [-0.39, 0.29) is 18.4 Å². The first-order valence-corrected chi connectivity index (χ1v) is 11.6. The summed E-state index contributed by atoms with van der Waals surface area (Å²) in [7, 11) is 0. The van der Waals surface area contributed by atoms with Crippen LogP contribution in [-0.4, -0.2) is 35.7 Å². The number of fused-ring (bicyclic) bond motifs is 3. The van der Waals surface area contributed by atoms with Gasteiger partial charge in [-0.05, 0) is 58.9 Å². The summed E-state index contributed by atoms with van der Waals surface area (Å²) < 4.78 is 5.54. The normalized spacial score (nSPS) is 13.0. The van der Waals surface area contributed by atoms with E-state index in [0.717, 1.165) is 22.3 Å². The molecule has 0 spiro atoms. The highest BCUT2D eigenvalue weighted by molar-refractivity contribution is 5.97. The lowest BCUT2D eigenvalue weighted by molar-refractivity contribution is -0.139. The van der Waals surface area contributed by atoms with Crippen molar-refractivity contribution in [2.24, 2.45) is 5.92 Å². The van der Waals surface area contributed by atoms with Crippen LogP contribution in [0.1, 0.15) is 47.7 Å². The molecular weight excluding hydrogens is 444 g/mol. The van der Waals surface area contributed by atoms with Crippen LogP contribution in [0.4, 0.5) is 10.5 Å². The van der Waals surface area contributed by atoms with Crippen LogP contribution in [0.25, 0.3) is 11.1 Å². The van der Waals surface area contributed by atoms with Crippen molar-refractivity contribution >= 4 is 23.7 Å². The Labute approximate surface area is 204 Å². The van der Waals surface area contributed by atoms with Crippen molar-refractivity contribution in [1.82, 2.24) is 5.32 Å². The molecule has 3 N–H and O–H groups in total. The maximum absolute atomic E-state index is 12.5. The Balaban J connectivity index is 1.35. The van der Waals surface area contributed by atoms with Gasteiger partial charge in [0, 0.05) is 17.2 Å². The molecule has 0 aromatic heterocycles. The SMILES string of the molecule is CC(C)CC(NC(=O)c1ccc(NC(=O)OCC2c3ccccc3-c3ccccc32)cc1)C(=O)O. The molecule has 2 amide bonds. The summed E-state index contributed by atoms with van der Waals surface area (Å²) in [5.74, 6) is -1.46. The van der Waals surface area contributed by atoms with Gasteiger partial charge < -0.3 is 15.2 Å². The number of carbonyl (C=O) groups is 3. The average Bonchev–Trinajstić information content (AvgIpc) is 3.16. The number of carboxylic acids is 1. The van der Waals surface area contributed by atoms with E-state index in [1.165, 1.54) is 12.1 Å². The second-order valence-corrected chi connectivity index (χ2v) is 9.02.